The molecule has 0 radical (unpaired) electrons. The van der Waals surface area contributed by atoms with Crippen LogP contribution in [0.4, 0.5) is 24.7 Å². The molecule has 0 aliphatic carbocycles. The number of rotatable bonds is 14. The van der Waals surface area contributed by atoms with Gasteiger partial charge in [0.2, 0.25) is 5.91 Å². The van der Waals surface area contributed by atoms with Gasteiger partial charge in [-0.05, 0) is 93.6 Å². The lowest BCUT2D eigenvalue weighted by Gasteiger charge is -2.26. The minimum atomic E-state index is -5.08. The number of hydrogen-bond donors (Lipinski definition) is 4. The van der Waals surface area contributed by atoms with Gasteiger partial charge < -0.3 is 35.7 Å². The molecule has 4 rings (SSSR count). The van der Waals surface area contributed by atoms with Crippen LogP contribution < -0.4 is 25.8 Å². The van der Waals surface area contributed by atoms with Crippen LogP contribution in [0.2, 0.25) is 0 Å². The van der Waals surface area contributed by atoms with Crippen LogP contribution in [-0.4, -0.2) is 67.6 Å². The topological polar surface area (TPSA) is 196 Å². The third-order valence-electron chi connectivity index (χ3n) is 7.71. The zero-order valence-electron chi connectivity index (χ0n) is 30.4. The van der Waals surface area contributed by atoms with Crippen molar-refractivity contribution >= 4 is 50.0 Å². The Morgan fingerprint density at radius 1 is 0.963 bits per heavy atom. The summed E-state index contributed by atoms with van der Waals surface area (Å²) in [6.07, 6.45) is -3.89. The summed E-state index contributed by atoms with van der Waals surface area (Å²) in [5, 5.41) is 14.2. The van der Waals surface area contributed by atoms with Crippen LogP contribution in [0, 0.1) is 0 Å². The highest BCUT2D eigenvalue weighted by molar-refractivity contribution is 7.92. The smallest absolute Gasteiger partial charge is 0.490 e. The molecule has 4 aromatic rings. The summed E-state index contributed by atoms with van der Waals surface area (Å²) in [7, 11) is -2.53. The minimum absolute atomic E-state index is 0.0308. The quantitative estimate of drug-likeness (QED) is 0.103. The first-order chi connectivity index (χ1) is 25.3. The number of nitrogens with zero attached hydrogens (tertiary/aromatic N) is 1. The number of carbonyl (C=O) groups excluding carboxylic acids is 2. The Kier molecular flexibility index (Phi) is 14.6. The predicted octanol–water partition coefficient (Wildman–Crippen LogP) is 6.39. The number of alkyl halides is 3. The molecule has 0 aliphatic rings. The molecule has 2 atom stereocenters. The normalized spacial score (nSPS) is 12.6. The molecule has 17 heteroatoms. The fourth-order valence-corrected chi connectivity index (χ4v) is 6.42. The molecule has 0 fully saturated rings. The number of benzene rings is 3. The lowest BCUT2D eigenvalue weighted by molar-refractivity contribution is -0.192. The molecule has 54 heavy (non-hydrogen) atoms. The summed E-state index contributed by atoms with van der Waals surface area (Å²) < 4.78 is 75.2. The standard InChI is InChI=1S/C35H42N4O7S.C2HF3O2/c1-7-45-30-19-24(12-15-29(30)46-21(2)3)33(38-25-13-14-26-23(18-25)16-17-37-34(26)36)35(41)39-28(20-32(40)44-6)27-10-8-9-11-31(27)47(42,43)22(4)5;3-2(4,5)1(6)7/h8-19,21-22,28,33,38H,7,20H2,1-6H3,(H2,36,37)(H,39,41);(H,6,7)/t28?,33-;/m1./s1. The highest BCUT2D eigenvalue weighted by Gasteiger charge is 2.38. The Bertz CT molecular complexity index is 2060. The second kappa shape index (κ2) is 18.4. The van der Waals surface area contributed by atoms with Crippen molar-refractivity contribution in [3.63, 3.8) is 0 Å². The molecule has 1 heterocycles. The van der Waals surface area contributed by atoms with Crippen LogP contribution in [0.1, 0.15) is 64.3 Å². The molecular formula is C37H43F3N4O9S. The molecule has 0 aliphatic heterocycles. The number of nitrogens with one attached hydrogen (secondary N) is 2. The van der Waals surface area contributed by atoms with Crippen LogP contribution in [0.3, 0.4) is 0 Å². The number of sulfone groups is 1. The maximum atomic E-state index is 14.4. The van der Waals surface area contributed by atoms with Crippen molar-refractivity contribution in [2.24, 2.45) is 0 Å². The Balaban J connectivity index is 0.00000102. The van der Waals surface area contributed by atoms with Crippen LogP contribution in [0.5, 0.6) is 11.5 Å². The number of nitrogen functional groups attached to an aromatic ring is 1. The maximum absolute atomic E-state index is 14.4. The molecule has 13 nitrogen and oxygen atoms in total. The van der Waals surface area contributed by atoms with Gasteiger partial charge in [0, 0.05) is 17.3 Å². The van der Waals surface area contributed by atoms with E-state index < -0.39 is 51.2 Å². The van der Waals surface area contributed by atoms with Gasteiger partial charge in [-0.2, -0.15) is 13.2 Å². The molecule has 0 bridgehead atoms. The first-order valence-electron chi connectivity index (χ1n) is 16.6. The first kappa shape index (κ1) is 42.8. The number of esters is 1. The lowest BCUT2D eigenvalue weighted by atomic mass is 10.0. The molecule has 1 amide bonds. The number of carboxylic acid groups (broad SMARTS) is 1. The van der Waals surface area contributed by atoms with E-state index in [1.807, 2.05) is 39.0 Å². The number of hydrogen-bond acceptors (Lipinski definition) is 11. The number of nitrogens with two attached hydrogens (primary N) is 1. The molecule has 0 spiro atoms. The monoisotopic (exact) mass is 776 g/mol. The van der Waals surface area contributed by atoms with Gasteiger partial charge in [-0.1, -0.05) is 24.3 Å². The number of methoxy groups -OCH3 is 1. The van der Waals surface area contributed by atoms with Gasteiger partial charge in [0.1, 0.15) is 11.9 Å². The Morgan fingerprint density at radius 3 is 2.22 bits per heavy atom. The van der Waals surface area contributed by atoms with E-state index >= 15 is 0 Å². The van der Waals surface area contributed by atoms with E-state index in [1.54, 1.807) is 62.5 Å². The third-order valence-corrected chi connectivity index (χ3v) is 9.94. The predicted molar refractivity (Wildman–Crippen MR) is 196 cm³/mol. The van der Waals surface area contributed by atoms with Gasteiger partial charge >= 0.3 is 18.1 Å². The van der Waals surface area contributed by atoms with Gasteiger partial charge in [0.15, 0.2) is 21.3 Å². The second-order valence-corrected chi connectivity index (χ2v) is 14.8. The van der Waals surface area contributed by atoms with Crippen molar-refractivity contribution in [3.05, 3.63) is 84.1 Å². The summed E-state index contributed by atoms with van der Waals surface area (Å²) in [6.45, 7) is 9.19. The van der Waals surface area contributed by atoms with Crippen molar-refractivity contribution in [1.29, 1.82) is 0 Å². The van der Waals surface area contributed by atoms with Crippen LogP contribution in [0.25, 0.3) is 10.8 Å². The minimum Gasteiger partial charge on any atom is -0.490 e. The number of aliphatic carboxylic acids is 1. The fraction of sp³-hybridized carbons (Fsp3) is 0.351. The summed E-state index contributed by atoms with van der Waals surface area (Å²) in [4.78, 5) is 40.1. The Morgan fingerprint density at radius 2 is 1.63 bits per heavy atom. The van der Waals surface area contributed by atoms with Gasteiger partial charge in [0.05, 0.1) is 42.4 Å². The lowest BCUT2D eigenvalue weighted by Crippen LogP contribution is -2.38. The molecule has 3 aromatic carbocycles. The summed E-state index contributed by atoms with van der Waals surface area (Å²) >= 11 is 0. The van der Waals surface area contributed by atoms with E-state index in [9.17, 15) is 31.2 Å². The van der Waals surface area contributed by atoms with E-state index in [1.165, 1.54) is 13.2 Å². The first-order valence-corrected chi connectivity index (χ1v) is 18.2. The van der Waals surface area contributed by atoms with E-state index in [2.05, 4.69) is 15.6 Å². The van der Waals surface area contributed by atoms with E-state index in [0.717, 1.165) is 10.8 Å². The van der Waals surface area contributed by atoms with Crippen molar-refractivity contribution < 1.29 is 55.3 Å². The van der Waals surface area contributed by atoms with Crippen LogP contribution >= 0.6 is 0 Å². The number of amides is 1. The zero-order chi connectivity index (χ0) is 40.4. The summed E-state index contributed by atoms with van der Waals surface area (Å²) in [5.74, 6) is -2.54. The highest BCUT2D eigenvalue weighted by atomic mass is 32.2. The SMILES string of the molecule is CCOc1cc([C@@H](Nc2ccc3c(N)nccc3c2)C(=O)NC(CC(=O)OC)c2ccccc2S(=O)(=O)C(C)C)ccc1OC(C)C.O=C(O)C(F)(F)F. The number of carbonyl (C=O) groups is 3. The number of fused-ring (bicyclic) bond motifs is 1. The van der Waals surface area contributed by atoms with Crippen molar-refractivity contribution in [2.45, 2.75) is 75.5 Å². The maximum Gasteiger partial charge on any atom is 0.490 e. The zero-order valence-corrected chi connectivity index (χ0v) is 31.2. The number of anilines is 2. The van der Waals surface area contributed by atoms with Crippen LogP contribution in [0.15, 0.2) is 77.8 Å². The van der Waals surface area contributed by atoms with Gasteiger partial charge in [-0.3, -0.25) is 9.59 Å². The van der Waals surface area contributed by atoms with Crippen molar-refractivity contribution in [2.75, 3.05) is 24.8 Å². The largest absolute Gasteiger partial charge is 0.490 e. The van der Waals surface area contributed by atoms with Gasteiger partial charge in [-0.15, -0.1) is 0 Å². The molecule has 0 saturated heterocycles. The average Bonchev–Trinajstić information content (AvgIpc) is 3.10. The number of aromatic nitrogens is 1. The third kappa shape index (κ3) is 11.2. The Labute approximate surface area is 310 Å². The van der Waals surface area contributed by atoms with Gasteiger partial charge in [0.25, 0.3) is 0 Å². The van der Waals surface area contributed by atoms with Crippen molar-refractivity contribution in [3.8, 4) is 11.5 Å². The fourth-order valence-electron chi connectivity index (χ4n) is 5.11. The van der Waals surface area contributed by atoms with Crippen molar-refractivity contribution in [1.82, 2.24) is 10.3 Å². The number of carboxylic acids is 1. The molecule has 5 N–H and O–H groups in total. The van der Waals surface area contributed by atoms with Crippen LogP contribution in [-0.2, 0) is 29.0 Å². The van der Waals surface area contributed by atoms with E-state index in [4.69, 9.17) is 29.8 Å². The van der Waals surface area contributed by atoms with Gasteiger partial charge in [-0.25, -0.2) is 18.2 Å². The molecular weight excluding hydrogens is 733 g/mol. The molecule has 1 aromatic heterocycles. The molecule has 1 unspecified atom stereocenters. The summed E-state index contributed by atoms with van der Waals surface area (Å²) in [6, 6.07) is 16.8. The number of ether oxygens (including phenoxy) is 3. The molecule has 292 valence electrons. The Hall–Kier alpha value is -5.58. The molecule has 0 saturated carbocycles. The number of pyridine rings is 1. The average molecular weight is 777 g/mol. The highest BCUT2D eigenvalue weighted by Crippen LogP contribution is 2.35. The van der Waals surface area contributed by atoms with E-state index in [-0.39, 0.29) is 23.0 Å². The number of halogens is 3. The second-order valence-electron chi connectivity index (χ2n) is 12.3. The van der Waals surface area contributed by atoms with E-state index in [0.29, 0.717) is 35.2 Å². The summed E-state index contributed by atoms with van der Waals surface area (Å²) in [5.41, 5.74) is 7.49.